The molecule has 4 heterocycles. The number of anilines is 1. The van der Waals surface area contributed by atoms with E-state index < -0.39 is 0 Å². The standard InChI is InChI=1S/C14H19N7O/c1-19-12-11(7-18-19)13(17-9-16-12)20-5-2-3-10(8-20)21-6-4-15-14(21)22/h7,9-10H,2-6,8H2,1H3,(H,15,22). The Morgan fingerprint density at radius 1 is 1.32 bits per heavy atom. The van der Waals surface area contributed by atoms with Gasteiger partial charge in [-0.2, -0.15) is 5.10 Å². The third-order valence-electron chi connectivity index (χ3n) is 4.54. The molecule has 1 unspecified atom stereocenters. The minimum Gasteiger partial charge on any atom is -0.354 e. The number of rotatable bonds is 2. The van der Waals surface area contributed by atoms with Crippen molar-refractivity contribution in [2.75, 3.05) is 31.1 Å². The summed E-state index contributed by atoms with van der Waals surface area (Å²) in [5.74, 6) is 0.919. The van der Waals surface area contributed by atoms with Gasteiger partial charge in [0.25, 0.3) is 0 Å². The zero-order valence-corrected chi connectivity index (χ0v) is 12.6. The van der Waals surface area contributed by atoms with Gasteiger partial charge in [0.15, 0.2) is 5.65 Å². The van der Waals surface area contributed by atoms with Gasteiger partial charge < -0.3 is 15.1 Å². The molecule has 1 atom stereocenters. The Hall–Kier alpha value is -2.38. The zero-order chi connectivity index (χ0) is 15.1. The second-order valence-corrected chi connectivity index (χ2v) is 5.87. The van der Waals surface area contributed by atoms with Crippen molar-refractivity contribution in [1.82, 2.24) is 30.0 Å². The van der Waals surface area contributed by atoms with E-state index in [9.17, 15) is 4.79 Å². The largest absolute Gasteiger partial charge is 0.354 e. The van der Waals surface area contributed by atoms with Crippen LogP contribution < -0.4 is 10.2 Å². The first kappa shape index (κ1) is 13.3. The van der Waals surface area contributed by atoms with Crippen LogP contribution >= 0.6 is 0 Å². The molecule has 2 aliphatic rings. The fraction of sp³-hybridized carbons (Fsp3) is 0.571. The van der Waals surface area contributed by atoms with E-state index in [1.807, 2.05) is 18.1 Å². The molecule has 1 N–H and O–H groups in total. The van der Waals surface area contributed by atoms with Crippen LogP contribution in [0.15, 0.2) is 12.5 Å². The third kappa shape index (κ3) is 2.06. The second kappa shape index (κ2) is 5.11. The van der Waals surface area contributed by atoms with Crippen LogP contribution in [-0.2, 0) is 7.05 Å². The van der Waals surface area contributed by atoms with E-state index in [-0.39, 0.29) is 12.1 Å². The number of aromatic nitrogens is 4. The highest BCUT2D eigenvalue weighted by Crippen LogP contribution is 2.26. The van der Waals surface area contributed by atoms with E-state index in [1.54, 1.807) is 11.0 Å². The van der Waals surface area contributed by atoms with Gasteiger partial charge in [0.05, 0.1) is 17.6 Å². The van der Waals surface area contributed by atoms with E-state index in [2.05, 4.69) is 25.3 Å². The molecular formula is C14H19N7O. The van der Waals surface area contributed by atoms with Crippen molar-refractivity contribution < 1.29 is 4.79 Å². The molecule has 2 fully saturated rings. The molecule has 2 aromatic rings. The molecule has 0 bridgehead atoms. The summed E-state index contributed by atoms with van der Waals surface area (Å²) in [6, 6.07) is 0.305. The predicted molar refractivity (Wildman–Crippen MR) is 81.6 cm³/mol. The summed E-state index contributed by atoms with van der Waals surface area (Å²) in [5.41, 5.74) is 0.839. The van der Waals surface area contributed by atoms with Gasteiger partial charge in [-0.25, -0.2) is 14.8 Å². The Morgan fingerprint density at radius 2 is 2.23 bits per heavy atom. The van der Waals surface area contributed by atoms with Crippen molar-refractivity contribution in [1.29, 1.82) is 0 Å². The molecule has 22 heavy (non-hydrogen) atoms. The SMILES string of the molecule is Cn1ncc2c(N3CCCC(N4CCNC4=O)C3)ncnc21. The second-order valence-electron chi connectivity index (χ2n) is 5.87. The average molecular weight is 301 g/mol. The summed E-state index contributed by atoms with van der Waals surface area (Å²) in [6.07, 6.45) is 5.51. The van der Waals surface area contributed by atoms with Crippen molar-refractivity contribution in [2.24, 2.45) is 7.05 Å². The predicted octanol–water partition coefficient (Wildman–Crippen LogP) is 0.357. The molecule has 0 spiro atoms. The summed E-state index contributed by atoms with van der Waals surface area (Å²) in [6.45, 7) is 3.31. The van der Waals surface area contributed by atoms with Crippen LogP contribution in [-0.4, -0.2) is 62.9 Å². The lowest BCUT2D eigenvalue weighted by Crippen LogP contribution is -2.49. The molecule has 8 nitrogen and oxygen atoms in total. The monoisotopic (exact) mass is 301 g/mol. The Kier molecular flexibility index (Phi) is 3.09. The van der Waals surface area contributed by atoms with E-state index >= 15 is 0 Å². The van der Waals surface area contributed by atoms with Gasteiger partial charge in [0, 0.05) is 33.2 Å². The van der Waals surface area contributed by atoms with Gasteiger partial charge in [-0.3, -0.25) is 4.68 Å². The third-order valence-corrected chi connectivity index (χ3v) is 4.54. The molecule has 0 radical (unpaired) electrons. The minimum atomic E-state index is 0.0565. The smallest absolute Gasteiger partial charge is 0.317 e. The van der Waals surface area contributed by atoms with Gasteiger partial charge >= 0.3 is 6.03 Å². The Labute approximate surface area is 128 Å². The van der Waals surface area contributed by atoms with Gasteiger partial charge in [-0.1, -0.05) is 0 Å². The lowest BCUT2D eigenvalue weighted by Gasteiger charge is -2.37. The molecule has 8 heteroatoms. The van der Waals surface area contributed by atoms with E-state index in [0.29, 0.717) is 0 Å². The van der Waals surface area contributed by atoms with Crippen LogP contribution in [0.5, 0.6) is 0 Å². The van der Waals surface area contributed by atoms with Gasteiger partial charge in [0.1, 0.15) is 12.1 Å². The maximum Gasteiger partial charge on any atom is 0.317 e. The lowest BCUT2D eigenvalue weighted by molar-refractivity contribution is 0.189. The van der Waals surface area contributed by atoms with Crippen molar-refractivity contribution in [3.63, 3.8) is 0 Å². The molecule has 116 valence electrons. The van der Waals surface area contributed by atoms with Crippen molar-refractivity contribution in [3.05, 3.63) is 12.5 Å². The number of aryl methyl sites for hydroxylation is 1. The van der Waals surface area contributed by atoms with Crippen LogP contribution in [0.2, 0.25) is 0 Å². The molecule has 2 saturated heterocycles. The fourth-order valence-electron chi connectivity index (χ4n) is 3.44. The number of nitrogens with one attached hydrogen (secondary N) is 1. The van der Waals surface area contributed by atoms with Crippen molar-refractivity contribution >= 4 is 22.9 Å². The first-order valence-corrected chi connectivity index (χ1v) is 7.66. The number of hydrogen-bond donors (Lipinski definition) is 1. The van der Waals surface area contributed by atoms with Crippen molar-refractivity contribution in [3.8, 4) is 0 Å². The molecule has 2 aromatic heterocycles. The number of piperidine rings is 1. The summed E-state index contributed by atoms with van der Waals surface area (Å²) in [7, 11) is 1.88. The summed E-state index contributed by atoms with van der Waals surface area (Å²) in [4.78, 5) is 24.9. The first-order valence-electron chi connectivity index (χ1n) is 7.66. The van der Waals surface area contributed by atoms with E-state index in [0.717, 1.165) is 55.9 Å². The topological polar surface area (TPSA) is 79.2 Å². The highest BCUT2D eigenvalue weighted by Gasteiger charge is 2.32. The quantitative estimate of drug-likeness (QED) is 0.866. The van der Waals surface area contributed by atoms with Crippen molar-refractivity contribution in [2.45, 2.75) is 18.9 Å². The lowest BCUT2D eigenvalue weighted by atomic mass is 10.0. The molecule has 0 aliphatic carbocycles. The summed E-state index contributed by atoms with van der Waals surface area (Å²) in [5, 5.41) is 8.13. The van der Waals surface area contributed by atoms with Crippen LogP contribution in [0.25, 0.3) is 11.0 Å². The molecule has 0 aromatic carbocycles. The molecule has 2 aliphatic heterocycles. The number of urea groups is 1. The van der Waals surface area contributed by atoms with Crippen LogP contribution in [0, 0.1) is 0 Å². The number of carbonyl (C=O) groups is 1. The normalized spacial score (nSPS) is 22.4. The highest BCUT2D eigenvalue weighted by atomic mass is 16.2. The molecule has 2 amide bonds. The Morgan fingerprint density at radius 3 is 3.05 bits per heavy atom. The first-order chi connectivity index (χ1) is 10.7. The zero-order valence-electron chi connectivity index (χ0n) is 12.6. The number of amides is 2. The number of hydrogen-bond acceptors (Lipinski definition) is 5. The number of carbonyl (C=O) groups excluding carboxylic acids is 1. The molecule has 0 saturated carbocycles. The maximum atomic E-state index is 11.9. The Bertz CT molecular complexity index is 712. The van der Waals surface area contributed by atoms with E-state index in [1.165, 1.54) is 0 Å². The number of fused-ring (bicyclic) bond motifs is 1. The highest BCUT2D eigenvalue weighted by molar-refractivity contribution is 5.86. The number of nitrogens with zero attached hydrogens (tertiary/aromatic N) is 6. The van der Waals surface area contributed by atoms with Crippen LogP contribution in [0.1, 0.15) is 12.8 Å². The Balaban J connectivity index is 1.62. The molecular weight excluding hydrogens is 282 g/mol. The maximum absolute atomic E-state index is 11.9. The van der Waals surface area contributed by atoms with Crippen LogP contribution in [0.4, 0.5) is 10.6 Å². The summed E-state index contributed by atoms with van der Waals surface area (Å²) >= 11 is 0. The summed E-state index contributed by atoms with van der Waals surface area (Å²) < 4.78 is 1.76. The van der Waals surface area contributed by atoms with Gasteiger partial charge in [0.2, 0.25) is 0 Å². The minimum absolute atomic E-state index is 0.0565. The average Bonchev–Trinajstić information content (AvgIpc) is 3.14. The van der Waals surface area contributed by atoms with Crippen LogP contribution in [0.3, 0.4) is 0 Å². The fourth-order valence-corrected chi connectivity index (χ4v) is 3.44. The van der Waals surface area contributed by atoms with Gasteiger partial charge in [-0.15, -0.1) is 0 Å². The molecule has 4 rings (SSSR count). The van der Waals surface area contributed by atoms with Gasteiger partial charge in [-0.05, 0) is 12.8 Å². The van der Waals surface area contributed by atoms with E-state index in [4.69, 9.17) is 0 Å².